The number of aliphatic carboxylic acids is 1. The van der Waals surface area contributed by atoms with Crippen molar-refractivity contribution in [3.8, 4) is 0 Å². The smallest absolute Gasteiger partial charge is 0.411 e. The van der Waals surface area contributed by atoms with Crippen LogP contribution < -0.4 is 16.2 Å². The highest BCUT2D eigenvalue weighted by atomic mass is 35.5. The Kier molecular flexibility index (Phi) is 7.59. The van der Waals surface area contributed by atoms with Crippen LogP contribution in [0.5, 0.6) is 0 Å². The second-order valence-corrected chi connectivity index (χ2v) is 10.5. The van der Waals surface area contributed by atoms with Crippen molar-refractivity contribution in [2.75, 3.05) is 30.3 Å². The molecule has 34 heavy (non-hydrogen) atoms. The number of piperazine rings is 1. The van der Waals surface area contributed by atoms with Gasteiger partial charge in [-0.3, -0.25) is 14.3 Å². The molecule has 2 heterocycles. The molecule has 0 bridgehead atoms. The van der Waals surface area contributed by atoms with Crippen LogP contribution in [0.25, 0.3) is 0 Å². The minimum absolute atomic E-state index is 0.0272. The monoisotopic (exact) mass is 529 g/mol. The third kappa shape index (κ3) is 5.53. The number of nitrogens with two attached hydrogens (primary N) is 1. The summed E-state index contributed by atoms with van der Waals surface area (Å²) in [5.41, 5.74) is 4.93. The second-order valence-electron chi connectivity index (χ2n) is 8.62. The van der Waals surface area contributed by atoms with Gasteiger partial charge in [-0.25, -0.2) is 9.59 Å². The van der Waals surface area contributed by atoms with E-state index in [-0.39, 0.29) is 36.3 Å². The number of amides is 1. The van der Waals surface area contributed by atoms with Gasteiger partial charge in [0.15, 0.2) is 6.04 Å². The standard InChI is InChI=1S/C21H25Cl2N5O5S/c1-21(2,3)33-20(32)28-9-8-27(10-12(28)18(30)31)19-25-16(24)15(17(29)26(19)4)34-13-7-5-6-11(22)14(13)23/h5-7,12H,8-10,24H2,1-4H3,(H,30,31)/t12-/m1/s1. The molecular weight excluding hydrogens is 505 g/mol. The normalized spacial score (nSPS) is 16.5. The lowest BCUT2D eigenvalue weighted by molar-refractivity contribution is -0.143. The topological polar surface area (TPSA) is 131 Å². The van der Waals surface area contributed by atoms with Crippen molar-refractivity contribution in [2.45, 2.75) is 42.2 Å². The zero-order chi connectivity index (χ0) is 25.4. The molecule has 184 valence electrons. The number of rotatable bonds is 4. The van der Waals surface area contributed by atoms with Crippen molar-refractivity contribution in [3.63, 3.8) is 0 Å². The van der Waals surface area contributed by atoms with Crippen LogP contribution in [0.15, 0.2) is 32.8 Å². The number of benzene rings is 1. The fourth-order valence-electron chi connectivity index (χ4n) is 3.35. The summed E-state index contributed by atoms with van der Waals surface area (Å²) >= 11 is 13.3. The molecule has 0 aliphatic carbocycles. The van der Waals surface area contributed by atoms with Gasteiger partial charge >= 0.3 is 12.1 Å². The Balaban J connectivity index is 1.89. The van der Waals surface area contributed by atoms with Gasteiger partial charge in [-0.1, -0.05) is 41.0 Å². The lowest BCUT2D eigenvalue weighted by Crippen LogP contribution is -2.59. The number of carbonyl (C=O) groups excluding carboxylic acids is 1. The summed E-state index contributed by atoms with van der Waals surface area (Å²) in [6.07, 6.45) is -0.717. The minimum Gasteiger partial charge on any atom is -0.480 e. The number of anilines is 2. The van der Waals surface area contributed by atoms with Crippen LogP contribution in [0, 0.1) is 0 Å². The molecule has 1 aromatic heterocycles. The van der Waals surface area contributed by atoms with E-state index in [9.17, 15) is 19.5 Å². The Bertz CT molecular complexity index is 1180. The molecule has 1 atom stereocenters. The van der Waals surface area contributed by atoms with E-state index in [4.69, 9.17) is 33.7 Å². The van der Waals surface area contributed by atoms with Gasteiger partial charge < -0.3 is 20.5 Å². The van der Waals surface area contributed by atoms with Crippen LogP contribution in [0.1, 0.15) is 20.8 Å². The predicted octanol–water partition coefficient (Wildman–Crippen LogP) is 3.33. The zero-order valence-electron chi connectivity index (χ0n) is 19.0. The number of aromatic nitrogens is 2. The van der Waals surface area contributed by atoms with Gasteiger partial charge in [0.25, 0.3) is 5.56 Å². The number of carboxylic acid groups (broad SMARTS) is 1. The number of nitrogen functional groups attached to an aromatic ring is 1. The summed E-state index contributed by atoms with van der Waals surface area (Å²) < 4.78 is 6.63. The lowest BCUT2D eigenvalue weighted by Gasteiger charge is -2.40. The molecule has 1 aliphatic rings. The van der Waals surface area contributed by atoms with Gasteiger partial charge in [-0.05, 0) is 32.9 Å². The maximum Gasteiger partial charge on any atom is 0.411 e. The molecule has 1 aliphatic heterocycles. The highest BCUT2D eigenvalue weighted by Crippen LogP contribution is 2.37. The van der Waals surface area contributed by atoms with Crippen LogP contribution >= 0.6 is 35.0 Å². The van der Waals surface area contributed by atoms with E-state index < -0.39 is 29.3 Å². The van der Waals surface area contributed by atoms with E-state index in [1.807, 2.05) is 0 Å². The molecule has 10 nitrogen and oxygen atoms in total. The summed E-state index contributed by atoms with van der Waals surface area (Å²) in [6.45, 7) is 5.31. The van der Waals surface area contributed by atoms with Crippen molar-refractivity contribution >= 4 is 58.8 Å². The van der Waals surface area contributed by atoms with Crippen molar-refractivity contribution in [1.82, 2.24) is 14.5 Å². The Morgan fingerprint density at radius 2 is 1.94 bits per heavy atom. The van der Waals surface area contributed by atoms with Crippen molar-refractivity contribution in [1.29, 1.82) is 0 Å². The number of hydrogen-bond acceptors (Lipinski definition) is 8. The first-order valence-corrected chi connectivity index (χ1v) is 11.8. The summed E-state index contributed by atoms with van der Waals surface area (Å²) in [6, 6.07) is 3.85. The lowest BCUT2D eigenvalue weighted by atomic mass is 10.1. The minimum atomic E-state index is -1.20. The average Bonchev–Trinajstić information content (AvgIpc) is 2.75. The number of carbonyl (C=O) groups is 2. The first-order valence-electron chi connectivity index (χ1n) is 10.3. The quantitative estimate of drug-likeness (QED) is 0.611. The number of halogens is 2. The predicted molar refractivity (Wildman–Crippen MR) is 131 cm³/mol. The van der Waals surface area contributed by atoms with E-state index in [2.05, 4.69) is 4.98 Å². The van der Waals surface area contributed by atoms with Crippen LogP contribution in [-0.2, 0) is 16.6 Å². The Hall–Kier alpha value is -2.63. The Morgan fingerprint density at radius 3 is 2.56 bits per heavy atom. The van der Waals surface area contributed by atoms with Crippen LogP contribution in [-0.4, -0.2) is 62.9 Å². The molecular formula is C21H25Cl2N5O5S. The van der Waals surface area contributed by atoms with E-state index >= 15 is 0 Å². The number of ether oxygens (including phenoxy) is 1. The molecule has 1 amide bonds. The van der Waals surface area contributed by atoms with Crippen LogP contribution in [0.2, 0.25) is 10.0 Å². The zero-order valence-corrected chi connectivity index (χ0v) is 21.4. The fraction of sp³-hybridized carbons (Fsp3) is 0.429. The fourth-order valence-corrected chi connectivity index (χ4v) is 4.77. The molecule has 0 saturated carbocycles. The third-order valence-corrected chi connectivity index (χ3v) is 7.04. The summed E-state index contributed by atoms with van der Waals surface area (Å²) in [5.74, 6) is -1.03. The first kappa shape index (κ1) is 26.0. The molecule has 1 saturated heterocycles. The van der Waals surface area contributed by atoms with Gasteiger partial charge in [0.05, 0.1) is 16.6 Å². The second kappa shape index (κ2) is 9.93. The van der Waals surface area contributed by atoms with E-state index in [1.165, 1.54) is 11.6 Å². The number of carboxylic acids is 1. The first-order chi connectivity index (χ1) is 15.8. The summed E-state index contributed by atoms with van der Waals surface area (Å²) in [5, 5.41) is 10.4. The molecule has 2 aromatic rings. The van der Waals surface area contributed by atoms with Gasteiger partial charge in [0, 0.05) is 25.0 Å². The molecule has 1 fully saturated rings. The molecule has 1 aromatic carbocycles. The number of hydrogen-bond donors (Lipinski definition) is 2. The third-order valence-electron chi connectivity index (χ3n) is 4.96. The van der Waals surface area contributed by atoms with Crippen molar-refractivity contribution < 1.29 is 19.4 Å². The molecule has 0 radical (unpaired) electrons. The highest BCUT2D eigenvalue weighted by Gasteiger charge is 2.38. The average molecular weight is 530 g/mol. The molecule has 3 N–H and O–H groups in total. The molecule has 3 rings (SSSR count). The largest absolute Gasteiger partial charge is 0.480 e. The van der Waals surface area contributed by atoms with Crippen LogP contribution in [0.3, 0.4) is 0 Å². The maximum absolute atomic E-state index is 13.1. The van der Waals surface area contributed by atoms with Crippen LogP contribution in [0.4, 0.5) is 16.6 Å². The summed E-state index contributed by atoms with van der Waals surface area (Å²) in [4.78, 5) is 45.4. The molecule has 0 unspecified atom stereocenters. The van der Waals surface area contributed by atoms with Gasteiger partial charge in [-0.2, -0.15) is 4.98 Å². The van der Waals surface area contributed by atoms with Gasteiger partial charge in [0.2, 0.25) is 5.95 Å². The van der Waals surface area contributed by atoms with Crippen molar-refractivity contribution in [3.05, 3.63) is 38.6 Å². The Morgan fingerprint density at radius 1 is 1.26 bits per heavy atom. The molecule has 0 spiro atoms. The SMILES string of the molecule is Cn1c(N2CCN(C(=O)OC(C)(C)C)[C@@H](C(=O)O)C2)nc(N)c(Sc2cccc(Cl)c2Cl)c1=O. The van der Waals surface area contributed by atoms with E-state index in [0.717, 1.165) is 16.7 Å². The van der Waals surface area contributed by atoms with Gasteiger partial charge in [0.1, 0.15) is 16.3 Å². The van der Waals surface area contributed by atoms with E-state index in [0.29, 0.717) is 14.9 Å². The summed E-state index contributed by atoms with van der Waals surface area (Å²) in [7, 11) is 1.52. The maximum atomic E-state index is 13.1. The molecule has 13 heteroatoms. The number of nitrogens with zero attached hydrogens (tertiary/aromatic N) is 4. The highest BCUT2D eigenvalue weighted by molar-refractivity contribution is 7.99. The Labute approximate surface area is 210 Å². The van der Waals surface area contributed by atoms with E-state index in [1.54, 1.807) is 43.9 Å². The van der Waals surface area contributed by atoms with Gasteiger partial charge in [-0.15, -0.1) is 0 Å². The van der Waals surface area contributed by atoms with Crippen molar-refractivity contribution in [2.24, 2.45) is 7.05 Å².